The Balaban J connectivity index is 0.000000994. The maximum absolute atomic E-state index is 6.47. The summed E-state index contributed by atoms with van der Waals surface area (Å²) in [6, 6.07) is 0. The van der Waals surface area contributed by atoms with Crippen LogP contribution in [0.1, 0.15) is 85.0 Å². The van der Waals surface area contributed by atoms with Gasteiger partial charge < -0.3 is 28.3 Å². The summed E-state index contributed by atoms with van der Waals surface area (Å²) in [7, 11) is -0.196. The van der Waals surface area contributed by atoms with Crippen molar-refractivity contribution in [1.29, 1.82) is 0 Å². The normalized spacial score (nSPS) is 38.4. The third-order valence-electron chi connectivity index (χ3n) is 6.99. The molecule has 29 heavy (non-hydrogen) atoms. The fourth-order valence-corrected chi connectivity index (χ4v) is 5.51. The van der Waals surface area contributed by atoms with Crippen molar-refractivity contribution in [2.75, 3.05) is 13.2 Å². The topological polar surface area (TPSA) is 55.4 Å². The summed E-state index contributed by atoms with van der Waals surface area (Å²) in [5.41, 5.74) is 0. The fraction of sp³-hybridized carbons (Fsp3) is 1.00. The molecule has 5 aliphatic rings. The van der Waals surface area contributed by atoms with Crippen LogP contribution >= 0.6 is 0 Å². The predicted molar refractivity (Wildman–Crippen MR) is 111 cm³/mol. The Kier molecular flexibility index (Phi) is 7.24. The Morgan fingerprint density at radius 3 is 1.48 bits per heavy atom. The van der Waals surface area contributed by atoms with Gasteiger partial charge >= 0.3 is 7.12 Å². The van der Waals surface area contributed by atoms with Crippen LogP contribution in [0.4, 0.5) is 0 Å². The monoisotopic (exact) mass is 410 g/mol. The summed E-state index contributed by atoms with van der Waals surface area (Å²) in [6.45, 7) is 7.26. The summed E-state index contributed by atoms with van der Waals surface area (Å²) in [6.07, 6.45) is 11.6. The van der Waals surface area contributed by atoms with Crippen LogP contribution in [0.3, 0.4) is 0 Å². The third kappa shape index (κ3) is 4.56. The summed E-state index contributed by atoms with van der Waals surface area (Å²) in [4.78, 5) is 0. The van der Waals surface area contributed by atoms with Gasteiger partial charge in [-0.15, -0.1) is 0 Å². The smallest absolute Gasteiger partial charge is 0.403 e. The van der Waals surface area contributed by atoms with E-state index in [2.05, 4.69) is 6.92 Å². The van der Waals surface area contributed by atoms with Gasteiger partial charge in [0.1, 0.15) is 12.2 Å². The second-order valence-corrected chi connectivity index (χ2v) is 8.92. The van der Waals surface area contributed by atoms with Crippen molar-refractivity contribution in [2.45, 2.75) is 127 Å². The molecular formula is C22H39BO6. The fourth-order valence-electron chi connectivity index (χ4n) is 5.51. The summed E-state index contributed by atoms with van der Waals surface area (Å²) < 4.78 is 37.8. The number of ether oxygens (including phenoxy) is 4. The van der Waals surface area contributed by atoms with Crippen molar-refractivity contribution >= 4 is 7.12 Å². The largest absolute Gasteiger partial charge is 0.457 e. The molecule has 5 rings (SSSR count). The minimum Gasteiger partial charge on any atom is -0.403 e. The molecule has 3 aliphatic heterocycles. The molecule has 4 atom stereocenters. The highest BCUT2D eigenvalue weighted by Gasteiger charge is 2.55. The zero-order valence-corrected chi connectivity index (χ0v) is 18.5. The van der Waals surface area contributed by atoms with Crippen molar-refractivity contribution in [3.63, 3.8) is 0 Å². The van der Waals surface area contributed by atoms with Crippen LogP contribution in [0.5, 0.6) is 0 Å². The average molecular weight is 410 g/mol. The third-order valence-corrected chi connectivity index (χ3v) is 6.99. The van der Waals surface area contributed by atoms with Gasteiger partial charge in [0, 0.05) is 25.7 Å². The van der Waals surface area contributed by atoms with Gasteiger partial charge in [-0.3, -0.25) is 0 Å². The summed E-state index contributed by atoms with van der Waals surface area (Å²) in [5, 5.41) is 0. The van der Waals surface area contributed by atoms with E-state index >= 15 is 0 Å². The van der Waals surface area contributed by atoms with E-state index in [-0.39, 0.29) is 31.5 Å². The van der Waals surface area contributed by atoms with Gasteiger partial charge in [-0.1, -0.05) is 33.6 Å². The highest BCUT2D eigenvalue weighted by molar-refractivity contribution is 6.45. The molecule has 0 aromatic rings. The highest BCUT2D eigenvalue weighted by atomic mass is 16.8. The van der Waals surface area contributed by atoms with Crippen molar-refractivity contribution in [3.05, 3.63) is 0 Å². The van der Waals surface area contributed by atoms with E-state index in [1.807, 2.05) is 13.8 Å². The van der Waals surface area contributed by atoms with E-state index in [0.29, 0.717) is 13.2 Å². The number of hydrogen-bond acceptors (Lipinski definition) is 6. The van der Waals surface area contributed by atoms with Gasteiger partial charge in [0.25, 0.3) is 0 Å². The minimum atomic E-state index is -0.390. The molecule has 4 unspecified atom stereocenters. The molecule has 0 N–H and O–H groups in total. The van der Waals surface area contributed by atoms with Gasteiger partial charge in [0.2, 0.25) is 0 Å². The zero-order valence-electron chi connectivity index (χ0n) is 18.5. The lowest BCUT2D eigenvalue weighted by molar-refractivity contribution is -0.206. The maximum atomic E-state index is 6.47. The first-order valence-electron chi connectivity index (χ1n) is 12.2. The van der Waals surface area contributed by atoms with Crippen LogP contribution in [0.2, 0.25) is 6.32 Å². The first-order valence-corrected chi connectivity index (χ1v) is 12.2. The average Bonchev–Trinajstić information content (AvgIpc) is 3.48. The molecule has 166 valence electrons. The van der Waals surface area contributed by atoms with Gasteiger partial charge in [-0.05, 0) is 32.0 Å². The standard InChI is InChI=1S/C20H33BO6.C2H6/c1-2-21-26-17(15-13-22-19(24-15)9-5-3-6-10-19)18(27-21)16-14-23-20(25-16)11-7-4-8-12-20;1-2/h15-18H,2-14H2,1H3;1-2H3. The molecule has 0 aromatic heterocycles. The van der Waals surface area contributed by atoms with E-state index < -0.39 is 11.6 Å². The molecule has 7 heteroatoms. The van der Waals surface area contributed by atoms with E-state index in [1.165, 1.54) is 38.5 Å². The van der Waals surface area contributed by atoms with Crippen molar-refractivity contribution < 1.29 is 28.3 Å². The van der Waals surface area contributed by atoms with E-state index in [4.69, 9.17) is 28.3 Å². The molecule has 0 radical (unpaired) electrons. The van der Waals surface area contributed by atoms with Gasteiger partial charge in [-0.25, -0.2) is 0 Å². The molecule has 6 nitrogen and oxygen atoms in total. The molecule has 0 amide bonds. The first kappa shape index (κ1) is 22.0. The quantitative estimate of drug-likeness (QED) is 0.641. The Bertz CT molecular complexity index is 475. The van der Waals surface area contributed by atoms with Crippen molar-refractivity contribution in [3.8, 4) is 0 Å². The molecule has 0 bridgehead atoms. The van der Waals surface area contributed by atoms with Crippen LogP contribution in [-0.4, -0.2) is 56.3 Å². The number of rotatable bonds is 3. The van der Waals surface area contributed by atoms with E-state index in [9.17, 15) is 0 Å². The lowest BCUT2D eigenvalue weighted by Gasteiger charge is -2.34. The first-order chi connectivity index (χ1) is 14.2. The zero-order chi connectivity index (χ0) is 20.3. The van der Waals surface area contributed by atoms with E-state index in [0.717, 1.165) is 32.0 Å². The summed E-state index contributed by atoms with van der Waals surface area (Å²) >= 11 is 0. The molecule has 2 aliphatic carbocycles. The Hall–Kier alpha value is -0.175. The Morgan fingerprint density at radius 1 is 0.690 bits per heavy atom. The van der Waals surface area contributed by atoms with Crippen molar-refractivity contribution in [2.24, 2.45) is 0 Å². The van der Waals surface area contributed by atoms with Gasteiger partial charge in [0.05, 0.1) is 25.4 Å². The lowest BCUT2D eigenvalue weighted by atomic mass is 9.87. The number of hydrogen-bond donors (Lipinski definition) is 0. The molecular weight excluding hydrogens is 371 g/mol. The predicted octanol–water partition coefficient (Wildman–Crippen LogP) is 4.46. The van der Waals surface area contributed by atoms with Crippen LogP contribution < -0.4 is 0 Å². The molecule has 3 saturated heterocycles. The molecule has 5 fully saturated rings. The minimum absolute atomic E-state index is 0.0869. The van der Waals surface area contributed by atoms with Crippen molar-refractivity contribution in [1.82, 2.24) is 0 Å². The lowest BCUT2D eigenvalue weighted by Crippen LogP contribution is -2.46. The van der Waals surface area contributed by atoms with Crippen LogP contribution in [-0.2, 0) is 28.3 Å². The Morgan fingerprint density at radius 2 is 1.10 bits per heavy atom. The molecule has 3 heterocycles. The van der Waals surface area contributed by atoms with Gasteiger partial charge in [0.15, 0.2) is 11.6 Å². The van der Waals surface area contributed by atoms with Crippen LogP contribution in [0, 0.1) is 0 Å². The second kappa shape index (κ2) is 9.53. The molecule has 2 spiro atoms. The highest BCUT2D eigenvalue weighted by Crippen LogP contribution is 2.44. The van der Waals surface area contributed by atoms with Crippen LogP contribution in [0.25, 0.3) is 0 Å². The maximum Gasteiger partial charge on any atom is 0.457 e. The second-order valence-electron chi connectivity index (χ2n) is 8.92. The van der Waals surface area contributed by atoms with Gasteiger partial charge in [-0.2, -0.15) is 0 Å². The SMILES string of the molecule is CC.CCB1OC(C2COC3(CCCCC3)O2)C(C2COC3(CCCCC3)O2)O1. The summed E-state index contributed by atoms with van der Waals surface area (Å²) in [5.74, 6) is -0.780. The molecule has 0 aromatic carbocycles. The molecule has 2 saturated carbocycles. The Labute approximate surface area is 176 Å². The van der Waals surface area contributed by atoms with Crippen LogP contribution in [0.15, 0.2) is 0 Å². The van der Waals surface area contributed by atoms with E-state index in [1.54, 1.807) is 0 Å².